The van der Waals surface area contributed by atoms with Crippen LogP contribution in [0.5, 0.6) is 11.5 Å². The summed E-state index contributed by atoms with van der Waals surface area (Å²) < 4.78 is 16.2. The highest BCUT2D eigenvalue weighted by Gasteiger charge is 2.23. The molecule has 1 unspecified atom stereocenters. The first-order chi connectivity index (χ1) is 14.7. The van der Waals surface area contributed by atoms with Crippen LogP contribution < -0.4 is 20.1 Å². The number of nitrogens with one attached hydrogen (secondary N) is 2. The summed E-state index contributed by atoms with van der Waals surface area (Å²) in [4.78, 5) is 7.25. The maximum atomic E-state index is 5.40. The SMILES string of the molecule is CCNC(=NCCC1=CCOCC1)NC1CCN(Cc2cc(OC)cc(OC)c2)C1. The van der Waals surface area contributed by atoms with Gasteiger partial charge in [-0.15, -0.1) is 0 Å². The average molecular weight is 417 g/mol. The van der Waals surface area contributed by atoms with Gasteiger partial charge in [-0.05, 0) is 43.9 Å². The predicted octanol–water partition coefficient (Wildman–Crippen LogP) is 2.57. The van der Waals surface area contributed by atoms with Crippen LogP contribution in [0.1, 0.15) is 31.7 Å². The molecule has 0 aliphatic carbocycles. The number of benzene rings is 1. The first kappa shape index (κ1) is 22.4. The van der Waals surface area contributed by atoms with Crippen molar-refractivity contribution in [3.8, 4) is 11.5 Å². The third-order valence-corrected chi connectivity index (χ3v) is 5.54. The molecule has 1 fully saturated rings. The van der Waals surface area contributed by atoms with Crippen LogP contribution in [0.3, 0.4) is 0 Å². The summed E-state index contributed by atoms with van der Waals surface area (Å²) in [5.74, 6) is 2.58. The van der Waals surface area contributed by atoms with Gasteiger partial charge in [-0.3, -0.25) is 9.89 Å². The smallest absolute Gasteiger partial charge is 0.191 e. The zero-order chi connectivity index (χ0) is 21.2. The Labute approximate surface area is 180 Å². The first-order valence-electron chi connectivity index (χ1n) is 10.9. The van der Waals surface area contributed by atoms with Gasteiger partial charge < -0.3 is 24.8 Å². The fourth-order valence-electron chi connectivity index (χ4n) is 3.93. The van der Waals surface area contributed by atoms with Crippen LogP contribution in [0.15, 0.2) is 34.8 Å². The fraction of sp³-hybridized carbons (Fsp3) is 0.609. The topological polar surface area (TPSA) is 67.4 Å². The third kappa shape index (κ3) is 6.92. The lowest BCUT2D eigenvalue weighted by Crippen LogP contribution is -2.44. The van der Waals surface area contributed by atoms with Crippen LogP contribution in [-0.4, -0.2) is 70.5 Å². The van der Waals surface area contributed by atoms with Crippen LogP contribution in [0.25, 0.3) is 0 Å². The monoisotopic (exact) mass is 416 g/mol. The van der Waals surface area contributed by atoms with Crippen LogP contribution in [-0.2, 0) is 11.3 Å². The van der Waals surface area contributed by atoms with Crippen molar-refractivity contribution in [2.75, 3.05) is 53.6 Å². The lowest BCUT2D eigenvalue weighted by Gasteiger charge is -2.19. The van der Waals surface area contributed by atoms with Gasteiger partial charge in [0.05, 0.1) is 27.4 Å². The largest absolute Gasteiger partial charge is 0.497 e. The second kappa shape index (κ2) is 11.8. The summed E-state index contributed by atoms with van der Waals surface area (Å²) >= 11 is 0. The number of aliphatic imine (C=N–C) groups is 1. The molecule has 0 radical (unpaired) electrons. The standard InChI is InChI=1S/C23H36N4O3/c1-4-24-23(25-9-5-18-7-11-30-12-8-18)26-20-6-10-27(17-20)16-19-13-21(28-2)15-22(14-19)29-3/h7,13-15,20H,4-6,8-12,16-17H2,1-3H3,(H2,24,25,26). The highest BCUT2D eigenvalue weighted by molar-refractivity contribution is 5.80. The summed E-state index contributed by atoms with van der Waals surface area (Å²) in [5.41, 5.74) is 2.67. The molecule has 3 rings (SSSR count). The zero-order valence-electron chi connectivity index (χ0n) is 18.6. The van der Waals surface area contributed by atoms with Crippen molar-refractivity contribution in [3.63, 3.8) is 0 Å². The molecule has 0 spiro atoms. The Kier molecular flexibility index (Phi) is 8.83. The minimum atomic E-state index is 0.401. The van der Waals surface area contributed by atoms with Crippen molar-refractivity contribution in [2.45, 2.75) is 38.8 Å². The summed E-state index contributed by atoms with van der Waals surface area (Å²) in [5, 5.41) is 7.00. The predicted molar refractivity (Wildman–Crippen MR) is 120 cm³/mol. The third-order valence-electron chi connectivity index (χ3n) is 5.54. The van der Waals surface area contributed by atoms with Crippen LogP contribution in [0.2, 0.25) is 0 Å². The second-order valence-corrected chi connectivity index (χ2v) is 7.78. The molecule has 30 heavy (non-hydrogen) atoms. The number of likely N-dealkylation sites (tertiary alicyclic amines) is 1. The quantitative estimate of drug-likeness (QED) is 0.366. The molecule has 1 saturated heterocycles. The Balaban J connectivity index is 1.50. The second-order valence-electron chi connectivity index (χ2n) is 7.78. The fourth-order valence-corrected chi connectivity index (χ4v) is 3.93. The van der Waals surface area contributed by atoms with Crippen molar-refractivity contribution in [1.82, 2.24) is 15.5 Å². The molecule has 2 heterocycles. The molecule has 0 amide bonds. The number of methoxy groups -OCH3 is 2. The van der Waals surface area contributed by atoms with E-state index in [4.69, 9.17) is 19.2 Å². The minimum Gasteiger partial charge on any atom is -0.497 e. The van der Waals surface area contributed by atoms with E-state index in [0.29, 0.717) is 6.04 Å². The molecule has 1 atom stereocenters. The van der Waals surface area contributed by atoms with Gasteiger partial charge in [0.15, 0.2) is 5.96 Å². The maximum absolute atomic E-state index is 5.40. The van der Waals surface area contributed by atoms with Crippen molar-refractivity contribution in [3.05, 3.63) is 35.4 Å². The number of guanidine groups is 1. The Morgan fingerprint density at radius 3 is 2.70 bits per heavy atom. The average Bonchev–Trinajstić information content (AvgIpc) is 3.20. The first-order valence-corrected chi connectivity index (χ1v) is 10.9. The van der Waals surface area contributed by atoms with Gasteiger partial charge in [-0.2, -0.15) is 0 Å². The lowest BCUT2D eigenvalue weighted by molar-refractivity contribution is 0.153. The molecule has 0 aromatic heterocycles. The molecule has 0 bridgehead atoms. The van der Waals surface area contributed by atoms with E-state index in [0.717, 1.165) is 82.7 Å². The Morgan fingerprint density at radius 1 is 1.23 bits per heavy atom. The van der Waals surface area contributed by atoms with E-state index < -0.39 is 0 Å². The molecule has 7 nitrogen and oxygen atoms in total. The summed E-state index contributed by atoms with van der Waals surface area (Å²) in [6.45, 7) is 8.30. The number of hydrogen-bond donors (Lipinski definition) is 2. The van der Waals surface area contributed by atoms with Crippen LogP contribution >= 0.6 is 0 Å². The molecule has 7 heteroatoms. The molecule has 2 aliphatic heterocycles. The highest BCUT2D eigenvalue weighted by Crippen LogP contribution is 2.24. The van der Waals surface area contributed by atoms with Gasteiger partial charge >= 0.3 is 0 Å². The van der Waals surface area contributed by atoms with Gasteiger partial charge in [0, 0.05) is 44.8 Å². The molecule has 166 valence electrons. The van der Waals surface area contributed by atoms with E-state index in [1.807, 2.05) is 6.07 Å². The minimum absolute atomic E-state index is 0.401. The van der Waals surface area contributed by atoms with E-state index in [1.54, 1.807) is 14.2 Å². The van der Waals surface area contributed by atoms with Crippen molar-refractivity contribution in [2.24, 2.45) is 4.99 Å². The molecule has 0 saturated carbocycles. The Bertz CT molecular complexity index is 713. The van der Waals surface area contributed by atoms with E-state index in [1.165, 1.54) is 11.1 Å². The zero-order valence-corrected chi connectivity index (χ0v) is 18.6. The summed E-state index contributed by atoms with van der Waals surface area (Å²) in [6.07, 6.45) is 5.34. The number of ether oxygens (including phenoxy) is 3. The molecule has 1 aromatic rings. The van der Waals surface area contributed by atoms with Crippen LogP contribution in [0, 0.1) is 0 Å². The number of hydrogen-bond acceptors (Lipinski definition) is 5. The number of rotatable bonds is 9. The molecule has 2 N–H and O–H groups in total. The molecular formula is C23H36N4O3. The van der Waals surface area contributed by atoms with Gasteiger partial charge in [0.1, 0.15) is 11.5 Å². The van der Waals surface area contributed by atoms with E-state index in [-0.39, 0.29) is 0 Å². The van der Waals surface area contributed by atoms with Crippen molar-refractivity contribution >= 4 is 5.96 Å². The van der Waals surface area contributed by atoms with Crippen molar-refractivity contribution < 1.29 is 14.2 Å². The molecule has 1 aromatic carbocycles. The van der Waals surface area contributed by atoms with Crippen LogP contribution in [0.4, 0.5) is 0 Å². The van der Waals surface area contributed by atoms with Crippen molar-refractivity contribution in [1.29, 1.82) is 0 Å². The highest BCUT2D eigenvalue weighted by atomic mass is 16.5. The van der Waals surface area contributed by atoms with E-state index in [2.05, 4.69) is 40.7 Å². The van der Waals surface area contributed by atoms with Gasteiger partial charge in [-0.25, -0.2) is 0 Å². The molecular weight excluding hydrogens is 380 g/mol. The summed E-state index contributed by atoms with van der Waals surface area (Å²) in [7, 11) is 3.38. The summed E-state index contributed by atoms with van der Waals surface area (Å²) in [6, 6.07) is 6.48. The van der Waals surface area contributed by atoms with Gasteiger partial charge in [0.2, 0.25) is 0 Å². The van der Waals surface area contributed by atoms with Gasteiger partial charge in [-0.1, -0.05) is 11.6 Å². The Hall–Kier alpha value is -2.25. The normalized spacial score (nSPS) is 20.0. The Morgan fingerprint density at radius 2 is 2.03 bits per heavy atom. The maximum Gasteiger partial charge on any atom is 0.191 e. The van der Waals surface area contributed by atoms with E-state index >= 15 is 0 Å². The molecule has 2 aliphatic rings. The van der Waals surface area contributed by atoms with E-state index in [9.17, 15) is 0 Å². The van der Waals surface area contributed by atoms with Gasteiger partial charge in [0.25, 0.3) is 0 Å². The lowest BCUT2D eigenvalue weighted by atomic mass is 10.1. The number of nitrogens with zero attached hydrogens (tertiary/aromatic N) is 2.